The van der Waals surface area contributed by atoms with Gasteiger partial charge in [-0.3, -0.25) is 14.3 Å². The summed E-state index contributed by atoms with van der Waals surface area (Å²) < 4.78 is 1.69. The van der Waals surface area contributed by atoms with Gasteiger partial charge in [0.1, 0.15) is 0 Å². The largest absolute Gasteiger partial charge is 0.481 e. The van der Waals surface area contributed by atoms with Gasteiger partial charge in [0.15, 0.2) is 0 Å². The van der Waals surface area contributed by atoms with Crippen LogP contribution >= 0.6 is 0 Å². The van der Waals surface area contributed by atoms with Crippen LogP contribution in [0, 0.1) is 12.3 Å². The molecule has 0 saturated heterocycles. The van der Waals surface area contributed by atoms with Crippen molar-refractivity contribution in [1.82, 2.24) is 15.1 Å². The van der Waals surface area contributed by atoms with E-state index in [0.29, 0.717) is 19.4 Å². The second-order valence-electron chi connectivity index (χ2n) is 5.16. The quantitative estimate of drug-likeness (QED) is 0.795. The van der Waals surface area contributed by atoms with Crippen LogP contribution in [0.1, 0.15) is 44.4 Å². The second kappa shape index (κ2) is 6.54. The Morgan fingerprint density at radius 1 is 1.40 bits per heavy atom. The van der Waals surface area contributed by atoms with E-state index in [0.717, 1.165) is 11.3 Å². The van der Waals surface area contributed by atoms with E-state index in [2.05, 4.69) is 10.4 Å². The van der Waals surface area contributed by atoms with Crippen molar-refractivity contribution >= 4 is 11.9 Å². The molecule has 0 saturated carbocycles. The number of aliphatic carboxylic acids is 1. The fourth-order valence-corrected chi connectivity index (χ4v) is 2.26. The smallest absolute Gasteiger partial charge is 0.310 e. The van der Waals surface area contributed by atoms with Crippen molar-refractivity contribution < 1.29 is 14.7 Å². The zero-order valence-corrected chi connectivity index (χ0v) is 12.6. The summed E-state index contributed by atoms with van der Waals surface area (Å²) in [6.07, 6.45) is 2.74. The van der Waals surface area contributed by atoms with E-state index in [4.69, 9.17) is 0 Å². The molecule has 0 aliphatic heterocycles. The molecule has 0 radical (unpaired) electrons. The summed E-state index contributed by atoms with van der Waals surface area (Å²) in [4.78, 5) is 23.3. The molecule has 0 aliphatic rings. The minimum atomic E-state index is -0.964. The Hall–Kier alpha value is -1.85. The zero-order chi connectivity index (χ0) is 15.3. The highest BCUT2D eigenvalue weighted by atomic mass is 16.4. The van der Waals surface area contributed by atoms with Gasteiger partial charge in [0.25, 0.3) is 0 Å². The van der Waals surface area contributed by atoms with Crippen LogP contribution in [0.25, 0.3) is 0 Å². The zero-order valence-electron chi connectivity index (χ0n) is 12.6. The second-order valence-corrected chi connectivity index (χ2v) is 5.16. The van der Waals surface area contributed by atoms with E-state index in [1.165, 1.54) is 0 Å². The first-order chi connectivity index (χ1) is 9.34. The van der Waals surface area contributed by atoms with Gasteiger partial charge in [0.05, 0.1) is 11.1 Å². The molecule has 1 heterocycles. The number of aryl methyl sites for hydroxylation is 2. The first-order valence-corrected chi connectivity index (χ1v) is 6.84. The molecule has 0 spiro atoms. The van der Waals surface area contributed by atoms with Crippen molar-refractivity contribution in [2.45, 2.75) is 46.6 Å². The molecular weight excluding hydrogens is 258 g/mol. The van der Waals surface area contributed by atoms with E-state index in [-0.39, 0.29) is 12.3 Å². The van der Waals surface area contributed by atoms with Crippen LogP contribution in [0.3, 0.4) is 0 Å². The molecule has 0 aliphatic carbocycles. The lowest BCUT2D eigenvalue weighted by atomic mass is 9.79. The number of hydrogen-bond acceptors (Lipinski definition) is 3. The average molecular weight is 281 g/mol. The first kappa shape index (κ1) is 16.2. The Morgan fingerprint density at radius 3 is 2.40 bits per heavy atom. The summed E-state index contributed by atoms with van der Waals surface area (Å²) in [5.74, 6) is -1.14. The van der Waals surface area contributed by atoms with E-state index < -0.39 is 11.4 Å². The fourth-order valence-electron chi connectivity index (χ4n) is 2.26. The topological polar surface area (TPSA) is 84.2 Å². The molecule has 0 unspecified atom stereocenters. The predicted molar refractivity (Wildman–Crippen MR) is 75.1 cm³/mol. The third-order valence-electron chi connectivity index (χ3n) is 3.90. The molecule has 1 aromatic heterocycles. The number of rotatable bonds is 7. The maximum atomic E-state index is 12.0. The molecule has 6 nitrogen and oxygen atoms in total. The molecule has 6 heteroatoms. The third kappa shape index (κ3) is 3.59. The van der Waals surface area contributed by atoms with Crippen LogP contribution in [0.15, 0.2) is 6.20 Å². The Labute approximate surface area is 119 Å². The van der Waals surface area contributed by atoms with E-state index in [1.54, 1.807) is 18.5 Å². The lowest BCUT2D eigenvalue weighted by molar-refractivity contribution is -0.152. The summed E-state index contributed by atoms with van der Waals surface area (Å²) in [6, 6.07) is 0. The van der Waals surface area contributed by atoms with Gasteiger partial charge < -0.3 is 10.4 Å². The Kier molecular flexibility index (Phi) is 5.30. The van der Waals surface area contributed by atoms with Crippen LogP contribution in [0.2, 0.25) is 0 Å². The highest BCUT2D eigenvalue weighted by molar-refractivity contribution is 5.84. The van der Waals surface area contributed by atoms with Gasteiger partial charge in [-0.15, -0.1) is 0 Å². The SMILES string of the molecule is CCC(CC)(CC(=O)NCc1cn(C)nc1C)C(=O)O. The normalized spacial score (nSPS) is 11.4. The predicted octanol–water partition coefficient (Wildman–Crippen LogP) is 1.63. The van der Waals surface area contributed by atoms with Gasteiger partial charge in [-0.25, -0.2) is 0 Å². The van der Waals surface area contributed by atoms with Crippen LogP contribution < -0.4 is 5.32 Å². The number of carboxylic acids is 1. The average Bonchev–Trinajstić information content (AvgIpc) is 2.71. The number of nitrogens with one attached hydrogen (secondary N) is 1. The van der Waals surface area contributed by atoms with Crippen LogP contribution in [-0.2, 0) is 23.2 Å². The van der Waals surface area contributed by atoms with E-state index in [9.17, 15) is 14.7 Å². The molecule has 0 bridgehead atoms. The summed E-state index contributed by atoms with van der Waals surface area (Å²) in [7, 11) is 1.82. The molecular formula is C14H23N3O3. The van der Waals surface area contributed by atoms with Crippen molar-refractivity contribution in [3.63, 3.8) is 0 Å². The molecule has 20 heavy (non-hydrogen) atoms. The van der Waals surface area contributed by atoms with Crippen molar-refractivity contribution in [2.24, 2.45) is 12.5 Å². The number of hydrogen-bond donors (Lipinski definition) is 2. The number of carbonyl (C=O) groups is 2. The van der Waals surface area contributed by atoms with Crippen molar-refractivity contribution in [1.29, 1.82) is 0 Å². The van der Waals surface area contributed by atoms with E-state index in [1.807, 2.05) is 20.2 Å². The van der Waals surface area contributed by atoms with Crippen molar-refractivity contribution in [3.05, 3.63) is 17.5 Å². The monoisotopic (exact) mass is 281 g/mol. The van der Waals surface area contributed by atoms with E-state index >= 15 is 0 Å². The number of carboxylic acid groups (broad SMARTS) is 1. The first-order valence-electron chi connectivity index (χ1n) is 6.84. The molecule has 2 N–H and O–H groups in total. The maximum absolute atomic E-state index is 12.0. The lowest BCUT2D eigenvalue weighted by Crippen LogP contribution is -2.36. The lowest BCUT2D eigenvalue weighted by Gasteiger charge is -2.25. The maximum Gasteiger partial charge on any atom is 0.310 e. The Balaban J connectivity index is 2.63. The summed E-state index contributed by atoms with van der Waals surface area (Å²) in [5.41, 5.74) is 0.840. The molecule has 0 aromatic carbocycles. The molecule has 1 rings (SSSR count). The minimum absolute atomic E-state index is 0.00857. The fraction of sp³-hybridized carbons (Fsp3) is 0.643. The van der Waals surface area contributed by atoms with Gasteiger partial charge in [-0.1, -0.05) is 13.8 Å². The van der Waals surface area contributed by atoms with Gasteiger partial charge in [-0.2, -0.15) is 5.10 Å². The number of aromatic nitrogens is 2. The molecule has 0 atom stereocenters. The Bertz CT molecular complexity index is 490. The minimum Gasteiger partial charge on any atom is -0.481 e. The summed E-state index contributed by atoms with van der Waals surface area (Å²) >= 11 is 0. The third-order valence-corrected chi connectivity index (χ3v) is 3.90. The van der Waals surface area contributed by atoms with Gasteiger partial charge in [0, 0.05) is 31.8 Å². The number of carbonyl (C=O) groups excluding carboxylic acids is 1. The molecule has 1 aromatic rings. The molecule has 0 fully saturated rings. The molecule has 1 amide bonds. The van der Waals surface area contributed by atoms with Crippen LogP contribution in [-0.4, -0.2) is 26.8 Å². The Morgan fingerprint density at radius 2 is 2.00 bits per heavy atom. The number of amides is 1. The molecule has 112 valence electrons. The number of nitrogens with zero attached hydrogens (tertiary/aromatic N) is 2. The highest BCUT2D eigenvalue weighted by Gasteiger charge is 2.37. The van der Waals surface area contributed by atoms with Crippen molar-refractivity contribution in [3.8, 4) is 0 Å². The van der Waals surface area contributed by atoms with Crippen molar-refractivity contribution in [2.75, 3.05) is 0 Å². The van der Waals surface area contributed by atoms with Gasteiger partial charge >= 0.3 is 5.97 Å². The summed E-state index contributed by atoms with van der Waals surface area (Å²) in [6.45, 7) is 5.86. The van der Waals surface area contributed by atoms with Gasteiger partial charge in [0.2, 0.25) is 5.91 Å². The standard InChI is InChI=1S/C14H23N3O3/c1-5-14(6-2,13(19)20)7-12(18)15-8-11-9-17(4)16-10(11)3/h9H,5-8H2,1-4H3,(H,15,18)(H,19,20). The van der Waals surface area contributed by atoms with Crippen LogP contribution in [0.5, 0.6) is 0 Å². The van der Waals surface area contributed by atoms with Gasteiger partial charge in [-0.05, 0) is 19.8 Å². The summed E-state index contributed by atoms with van der Waals surface area (Å²) in [5, 5.41) is 16.3. The highest BCUT2D eigenvalue weighted by Crippen LogP contribution is 2.30. The van der Waals surface area contributed by atoms with Crippen LogP contribution in [0.4, 0.5) is 0 Å².